The molecule has 1 aromatic heterocycles. The number of ether oxygens (including phenoxy) is 1. The Kier molecular flexibility index (Phi) is 14.1. The van der Waals surface area contributed by atoms with E-state index < -0.39 is 0 Å². The third-order valence-electron chi connectivity index (χ3n) is 6.48. The van der Waals surface area contributed by atoms with Crippen molar-refractivity contribution in [2.75, 3.05) is 6.61 Å². The van der Waals surface area contributed by atoms with Crippen molar-refractivity contribution in [3.05, 3.63) is 66.4 Å². The molecule has 1 heterocycles. The van der Waals surface area contributed by atoms with Crippen molar-refractivity contribution >= 4 is 17.2 Å². The number of benzene rings is 2. The first-order chi connectivity index (χ1) is 16.8. The Morgan fingerprint density at radius 1 is 0.743 bits per heavy atom. The summed E-state index contributed by atoms with van der Waals surface area (Å²) in [4.78, 5) is 10.7. The molecule has 0 saturated heterocycles. The topological polar surface area (TPSA) is 50.4 Å². The van der Waals surface area contributed by atoms with E-state index in [0.29, 0.717) is 24.2 Å². The van der Waals surface area contributed by atoms with Gasteiger partial charge in [0.1, 0.15) is 18.0 Å². The predicted molar refractivity (Wildman–Crippen MR) is 139 cm³/mol. The number of rotatable bonds is 17. The number of phenols is 1. The zero-order valence-corrected chi connectivity index (χ0v) is 22.4. The lowest BCUT2D eigenvalue weighted by Crippen LogP contribution is -3.00. The zero-order chi connectivity index (χ0) is 23.8. The van der Waals surface area contributed by atoms with Gasteiger partial charge in [0.05, 0.1) is 12.2 Å². The van der Waals surface area contributed by atoms with Crippen molar-refractivity contribution in [1.82, 2.24) is 0 Å². The Bertz CT molecular complexity index is 1000. The molecule has 0 bridgehead atoms. The van der Waals surface area contributed by atoms with Gasteiger partial charge in [-0.3, -0.25) is 4.79 Å². The van der Waals surface area contributed by atoms with Gasteiger partial charge >= 0.3 is 0 Å². The first-order valence-corrected chi connectivity index (χ1v) is 13.1. The van der Waals surface area contributed by atoms with Crippen LogP contribution >= 0.6 is 0 Å². The SMILES string of the molecule is O=Cc1ccc(OCCCCCCCCCCCCCC[n+]2cccc3ccccc32)cc1O.[Br-]. The number of pyridine rings is 1. The molecule has 0 amide bonds. The van der Waals surface area contributed by atoms with Gasteiger partial charge in [-0.05, 0) is 37.1 Å². The molecule has 0 saturated carbocycles. The number of fused-ring (bicyclic) bond motifs is 1. The number of phenolic OH excluding ortho intramolecular Hbond substituents is 1. The van der Waals surface area contributed by atoms with E-state index in [1.54, 1.807) is 12.1 Å². The smallest absolute Gasteiger partial charge is 0.212 e. The maximum absolute atomic E-state index is 10.7. The fraction of sp³-hybridized carbons (Fsp3) is 0.467. The van der Waals surface area contributed by atoms with E-state index in [1.807, 2.05) is 0 Å². The number of hydrogen-bond donors (Lipinski definition) is 1. The molecule has 0 aliphatic rings. The first kappa shape index (κ1) is 28.8. The Morgan fingerprint density at radius 2 is 1.34 bits per heavy atom. The van der Waals surface area contributed by atoms with Crippen molar-refractivity contribution in [3.8, 4) is 11.5 Å². The lowest BCUT2D eigenvalue weighted by molar-refractivity contribution is -0.671. The summed E-state index contributed by atoms with van der Waals surface area (Å²) < 4.78 is 8.04. The minimum absolute atomic E-state index is 0. The van der Waals surface area contributed by atoms with Crippen LogP contribution in [0.1, 0.15) is 87.4 Å². The van der Waals surface area contributed by atoms with E-state index in [9.17, 15) is 9.90 Å². The summed E-state index contributed by atoms with van der Waals surface area (Å²) in [6.07, 6.45) is 18.3. The van der Waals surface area contributed by atoms with Gasteiger partial charge in [-0.1, -0.05) is 69.9 Å². The molecule has 5 heteroatoms. The van der Waals surface area contributed by atoms with Gasteiger partial charge in [0.15, 0.2) is 12.5 Å². The average Bonchev–Trinajstić information content (AvgIpc) is 2.86. The Balaban J connectivity index is 0.00000432. The number of aldehydes is 1. The van der Waals surface area contributed by atoms with E-state index in [4.69, 9.17) is 4.74 Å². The van der Waals surface area contributed by atoms with Gasteiger partial charge in [-0.15, -0.1) is 0 Å². The second-order valence-corrected chi connectivity index (χ2v) is 9.19. The fourth-order valence-electron chi connectivity index (χ4n) is 4.47. The summed E-state index contributed by atoms with van der Waals surface area (Å²) in [6, 6.07) is 17.8. The van der Waals surface area contributed by atoms with Crippen LogP contribution in [0.3, 0.4) is 0 Å². The van der Waals surface area contributed by atoms with Crippen molar-refractivity contribution in [1.29, 1.82) is 0 Å². The molecular formula is C30H40BrNO3. The van der Waals surface area contributed by atoms with E-state index in [1.165, 1.54) is 87.6 Å². The molecule has 0 aliphatic heterocycles. The largest absolute Gasteiger partial charge is 1.00 e. The highest BCUT2D eigenvalue weighted by atomic mass is 79.9. The standard InChI is InChI=1S/C30H39NO3.BrH/c32-25-27-19-20-28(24-30(27)33)34-23-14-10-8-6-4-2-1-3-5-7-9-13-21-31-22-15-17-26-16-11-12-18-29(26)31;/h11-12,15-20,22,24-25H,1-10,13-14,21,23H2;1H. The van der Waals surface area contributed by atoms with Crippen LogP contribution in [-0.2, 0) is 6.54 Å². The molecule has 1 N–H and O–H groups in total. The first-order valence-electron chi connectivity index (χ1n) is 13.1. The van der Waals surface area contributed by atoms with Crippen LogP contribution < -0.4 is 26.3 Å². The van der Waals surface area contributed by atoms with E-state index in [2.05, 4.69) is 47.2 Å². The molecule has 3 aromatic rings. The van der Waals surface area contributed by atoms with E-state index in [0.717, 1.165) is 13.0 Å². The number of unbranched alkanes of at least 4 members (excludes halogenated alkanes) is 11. The fourth-order valence-corrected chi connectivity index (χ4v) is 4.47. The molecule has 4 nitrogen and oxygen atoms in total. The number of aromatic hydroxyl groups is 1. The number of nitrogens with zero attached hydrogens (tertiary/aromatic N) is 1. The van der Waals surface area contributed by atoms with Gasteiger partial charge in [-0.25, -0.2) is 0 Å². The molecule has 0 radical (unpaired) electrons. The Morgan fingerprint density at radius 3 is 2.00 bits per heavy atom. The highest BCUT2D eigenvalue weighted by Gasteiger charge is 2.06. The molecule has 0 fully saturated rings. The van der Waals surface area contributed by atoms with Gasteiger partial charge in [0.2, 0.25) is 5.52 Å². The van der Waals surface area contributed by atoms with Gasteiger partial charge in [0.25, 0.3) is 0 Å². The number of para-hydroxylation sites is 1. The lowest BCUT2D eigenvalue weighted by atomic mass is 10.1. The quantitative estimate of drug-likeness (QED) is 0.156. The van der Waals surface area contributed by atoms with Crippen molar-refractivity contribution in [2.24, 2.45) is 0 Å². The highest BCUT2D eigenvalue weighted by Crippen LogP contribution is 2.22. The van der Waals surface area contributed by atoms with Crippen LogP contribution in [0.15, 0.2) is 60.8 Å². The van der Waals surface area contributed by atoms with E-state index >= 15 is 0 Å². The van der Waals surface area contributed by atoms with E-state index in [-0.39, 0.29) is 22.7 Å². The minimum atomic E-state index is -0.0209. The summed E-state index contributed by atoms with van der Waals surface area (Å²) in [6.45, 7) is 1.76. The second kappa shape index (κ2) is 17.1. The highest BCUT2D eigenvalue weighted by molar-refractivity contribution is 5.79. The molecular weight excluding hydrogens is 502 g/mol. The number of hydrogen-bond acceptors (Lipinski definition) is 3. The van der Waals surface area contributed by atoms with Crippen LogP contribution in [0.25, 0.3) is 10.9 Å². The summed E-state index contributed by atoms with van der Waals surface area (Å²) in [7, 11) is 0. The molecule has 0 atom stereocenters. The maximum Gasteiger partial charge on any atom is 0.212 e. The monoisotopic (exact) mass is 541 g/mol. The minimum Gasteiger partial charge on any atom is -1.00 e. The molecule has 3 rings (SSSR count). The Hall–Kier alpha value is -2.40. The van der Waals surface area contributed by atoms with Gasteiger partial charge in [-0.2, -0.15) is 4.57 Å². The molecule has 190 valence electrons. The van der Waals surface area contributed by atoms with Crippen LogP contribution in [0.2, 0.25) is 0 Å². The molecule has 0 spiro atoms. The van der Waals surface area contributed by atoms with Crippen molar-refractivity contribution in [2.45, 2.75) is 83.6 Å². The zero-order valence-electron chi connectivity index (χ0n) is 20.8. The van der Waals surface area contributed by atoms with Crippen molar-refractivity contribution < 1.29 is 36.2 Å². The lowest BCUT2D eigenvalue weighted by Gasteiger charge is -2.07. The average molecular weight is 543 g/mol. The molecule has 0 unspecified atom stereocenters. The normalized spacial score (nSPS) is 10.7. The predicted octanol–water partition coefficient (Wildman–Crippen LogP) is 4.41. The number of aromatic nitrogens is 1. The molecule has 0 aliphatic carbocycles. The summed E-state index contributed by atoms with van der Waals surface area (Å²) in [5, 5.41) is 11.0. The number of halogens is 1. The summed E-state index contributed by atoms with van der Waals surface area (Å²) in [5.41, 5.74) is 1.63. The van der Waals surface area contributed by atoms with Crippen LogP contribution in [0, 0.1) is 0 Å². The van der Waals surface area contributed by atoms with Crippen LogP contribution in [0.5, 0.6) is 11.5 Å². The van der Waals surface area contributed by atoms with Crippen LogP contribution in [0.4, 0.5) is 0 Å². The molecule has 2 aromatic carbocycles. The number of carbonyl (C=O) groups excluding carboxylic acids is 1. The third-order valence-corrected chi connectivity index (χ3v) is 6.48. The maximum atomic E-state index is 10.7. The second-order valence-electron chi connectivity index (χ2n) is 9.19. The van der Waals surface area contributed by atoms with Gasteiger partial charge in [0, 0.05) is 30.0 Å². The number of carbonyl (C=O) groups is 1. The Labute approximate surface area is 221 Å². The number of aryl methyl sites for hydroxylation is 1. The third kappa shape index (κ3) is 10.4. The summed E-state index contributed by atoms with van der Waals surface area (Å²) >= 11 is 0. The molecule has 35 heavy (non-hydrogen) atoms. The van der Waals surface area contributed by atoms with Crippen LogP contribution in [-0.4, -0.2) is 18.0 Å². The summed E-state index contributed by atoms with van der Waals surface area (Å²) in [5.74, 6) is 0.600. The van der Waals surface area contributed by atoms with Crippen molar-refractivity contribution in [3.63, 3.8) is 0 Å². The van der Waals surface area contributed by atoms with Gasteiger partial charge < -0.3 is 26.8 Å².